The summed E-state index contributed by atoms with van der Waals surface area (Å²) in [6.45, 7) is 3.98. The van der Waals surface area contributed by atoms with Gasteiger partial charge in [-0.15, -0.1) is 0 Å². The van der Waals surface area contributed by atoms with Gasteiger partial charge in [0.1, 0.15) is 5.75 Å². The minimum atomic E-state index is -0.244. The SMILES string of the molecule is COc1ccc(Nc2ncc(C(=O)Nc3cc(C)cc(C)c3)cn2)cc1. The van der Waals surface area contributed by atoms with Crippen molar-refractivity contribution in [2.75, 3.05) is 17.7 Å². The first-order chi connectivity index (χ1) is 12.5. The van der Waals surface area contributed by atoms with Gasteiger partial charge in [0, 0.05) is 23.8 Å². The van der Waals surface area contributed by atoms with E-state index in [0.717, 1.165) is 28.3 Å². The van der Waals surface area contributed by atoms with Crippen LogP contribution in [0.1, 0.15) is 21.5 Å². The Morgan fingerprint density at radius 1 is 0.923 bits per heavy atom. The molecule has 0 fully saturated rings. The fourth-order valence-electron chi connectivity index (χ4n) is 2.56. The van der Waals surface area contributed by atoms with Crippen molar-refractivity contribution < 1.29 is 9.53 Å². The fraction of sp³-hybridized carbons (Fsp3) is 0.150. The number of nitrogens with one attached hydrogen (secondary N) is 2. The van der Waals surface area contributed by atoms with Gasteiger partial charge in [-0.1, -0.05) is 6.07 Å². The monoisotopic (exact) mass is 348 g/mol. The fourth-order valence-corrected chi connectivity index (χ4v) is 2.56. The Bertz CT molecular complexity index is 886. The Morgan fingerprint density at radius 2 is 1.54 bits per heavy atom. The van der Waals surface area contributed by atoms with Gasteiger partial charge in [-0.05, 0) is 61.4 Å². The van der Waals surface area contributed by atoms with Crippen LogP contribution in [-0.4, -0.2) is 23.0 Å². The van der Waals surface area contributed by atoms with E-state index in [0.29, 0.717) is 11.5 Å². The number of carbonyl (C=O) groups is 1. The van der Waals surface area contributed by atoms with E-state index in [4.69, 9.17) is 4.74 Å². The molecule has 0 saturated heterocycles. The molecule has 26 heavy (non-hydrogen) atoms. The van der Waals surface area contributed by atoms with E-state index in [1.165, 1.54) is 12.4 Å². The maximum absolute atomic E-state index is 12.4. The lowest BCUT2D eigenvalue weighted by Gasteiger charge is -2.08. The van der Waals surface area contributed by atoms with Crippen LogP contribution in [0, 0.1) is 13.8 Å². The number of aryl methyl sites for hydroxylation is 2. The van der Waals surface area contributed by atoms with E-state index in [2.05, 4.69) is 26.7 Å². The predicted octanol–water partition coefficient (Wildman–Crippen LogP) is 4.10. The number of anilines is 3. The Balaban J connectivity index is 1.67. The lowest BCUT2D eigenvalue weighted by molar-refractivity contribution is 0.102. The summed E-state index contributed by atoms with van der Waals surface area (Å²) in [6.07, 6.45) is 2.99. The highest BCUT2D eigenvalue weighted by atomic mass is 16.5. The number of amides is 1. The molecule has 6 heteroatoms. The number of hydrogen-bond acceptors (Lipinski definition) is 5. The molecule has 1 heterocycles. The van der Waals surface area contributed by atoms with E-state index >= 15 is 0 Å². The van der Waals surface area contributed by atoms with E-state index < -0.39 is 0 Å². The molecule has 0 unspecified atom stereocenters. The van der Waals surface area contributed by atoms with Crippen LogP contribution in [0.4, 0.5) is 17.3 Å². The summed E-state index contributed by atoms with van der Waals surface area (Å²) < 4.78 is 5.12. The van der Waals surface area contributed by atoms with Crippen molar-refractivity contribution >= 4 is 23.2 Å². The maximum Gasteiger partial charge on any atom is 0.258 e. The van der Waals surface area contributed by atoms with Gasteiger partial charge in [0.25, 0.3) is 5.91 Å². The maximum atomic E-state index is 12.4. The number of hydrogen-bond donors (Lipinski definition) is 2. The topological polar surface area (TPSA) is 76.1 Å². The quantitative estimate of drug-likeness (QED) is 0.726. The summed E-state index contributed by atoms with van der Waals surface area (Å²) >= 11 is 0. The lowest BCUT2D eigenvalue weighted by Crippen LogP contribution is -2.13. The second kappa shape index (κ2) is 7.65. The average Bonchev–Trinajstić information content (AvgIpc) is 2.62. The molecule has 0 radical (unpaired) electrons. The summed E-state index contributed by atoms with van der Waals surface area (Å²) in [5.41, 5.74) is 4.17. The lowest BCUT2D eigenvalue weighted by atomic mass is 10.1. The molecule has 0 aliphatic rings. The van der Waals surface area contributed by atoms with Crippen LogP contribution in [0.15, 0.2) is 54.9 Å². The number of carbonyl (C=O) groups excluding carboxylic acids is 1. The first kappa shape index (κ1) is 17.4. The Morgan fingerprint density at radius 3 is 2.12 bits per heavy atom. The van der Waals surface area contributed by atoms with E-state index in [1.54, 1.807) is 7.11 Å². The highest BCUT2D eigenvalue weighted by Gasteiger charge is 2.08. The van der Waals surface area contributed by atoms with Crippen LogP contribution in [0.5, 0.6) is 5.75 Å². The minimum absolute atomic E-state index is 0.244. The standard InChI is InChI=1S/C20H20N4O2/c1-13-8-14(2)10-17(9-13)23-19(25)15-11-21-20(22-12-15)24-16-4-6-18(26-3)7-5-16/h4-12H,1-3H3,(H,23,25)(H,21,22,24). The smallest absolute Gasteiger partial charge is 0.258 e. The van der Waals surface area contributed by atoms with E-state index in [9.17, 15) is 4.79 Å². The van der Waals surface area contributed by atoms with Gasteiger partial charge in [0.2, 0.25) is 5.95 Å². The number of aromatic nitrogens is 2. The second-order valence-corrected chi connectivity index (χ2v) is 5.98. The third kappa shape index (κ3) is 4.36. The molecular formula is C20H20N4O2. The van der Waals surface area contributed by atoms with Gasteiger partial charge < -0.3 is 15.4 Å². The molecule has 0 aliphatic heterocycles. The second-order valence-electron chi connectivity index (χ2n) is 5.98. The van der Waals surface area contributed by atoms with Crippen molar-refractivity contribution in [2.45, 2.75) is 13.8 Å². The molecule has 2 aromatic carbocycles. The Labute approximate surface area is 152 Å². The van der Waals surface area contributed by atoms with E-state index in [1.807, 2.05) is 50.2 Å². The van der Waals surface area contributed by atoms with Gasteiger partial charge in [0.05, 0.1) is 12.7 Å². The molecule has 0 saturated carbocycles. The number of rotatable bonds is 5. The van der Waals surface area contributed by atoms with Crippen LogP contribution in [0.3, 0.4) is 0 Å². The molecule has 2 N–H and O–H groups in total. The van der Waals surface area contributed by atoms with Crippen molar-refractivity contribution in [2.24, 2.45) is 0 Å². The van der Waals surface area contributed by atoms with Crippen molar-refractivity contribution in [3.8, 4) is 5.75 Å². The molecule has 0 atom stereocenters. The van der Waals surface area contributed by atoms with Gasteiger partial charge in [0.15, 0.2) is 0 Å². The van der Waals surface area contributed by atoms with Gasteiger partial charge in [-0.3, -0.25) is 4.79 Å². The number of methoxy groups -OCH3 is 1. The zero-order valence-corrected chi connectivity index (χ0v) is 14.9. The van der Waals surface area contributed by atoms with Gasteiger partial charge in [-0.2, -0.15) is 0 Å². The number of benzene rings is 2. The number of nitrogens with zero attached hydrogens (tertiary/aromatic N) is 2. The van der Waals surface area contributed by atoms with Crippen LogP contribution in [-0.2, 0) is 0 Å². The first-order valence-electron chi connectivity index (χ1n) is 8.16. The Kier molecular flexibility index (Phi) is 5.12. The highest BCUT2D eigenvalue weighted by molar-refractivity contribution is 6.04. The summed E-state index contributed by atoms with van der Waals surface area (Å²) in [5, 5.41) is 5.94. The third-order valence-electron chi connectivity index (χ3n) is 3.74. The van der Waals surface area contributed by atoms with E-state index in [-0.39, 0.29) is 5.91 Å². The molecule has 1 aromatic heterocycles. The van der Waals surface area contributed by atoms with Crippen LogP contribution in [0.2, 0.25) is 0 Å². The predicted molar refractivity (Wildman–Crippen MR) is 102 cm³/mol. The molecule has 6 nitrogen and oxygen atoms in total. The normalized spacial score (nSPS) is 10.3. The van der Waals surface area contributed by atoms with Crippen LogP contribution < -0.4 is 15.4 Å². The molecule has 0 aliphatic carbocycles. The summed E-state index contributed by atoms with van der Waals surface area (Å²) in [7, 11) is 1.62. The molecule has 0 bridgehead atoms. The van der Waals surface area contributed by atoms with Crippen LogP contribution >= 0.6 is 0 Å². The average molecular weight is 348 g/mol. The molecular weight excluding hydrogens is 328 g/mol. The summed E-state index contributed by atoms with van der Waals surface area (Å²) in [4.78, 5) is 20.8. The van der Waals surface area contributed by atoms with Gasteiger partial charge >= 0.3 is 0 Å². The van der Waals surface area contributed by atoms with Crippen molar-refractivity contribution in [1.29, 1.82) is 0 Å². The molecule has 0 spiro atoms. The van der Waals surface area contributed by atoms with Crippen molar-refractivity contribution in [3.63, 3.8) is 0 Å². The molecule has 1 amide bonds. The van der Waals surface area contributed by atoms with Crippen LogP contribution in [0.25, 0.3) is 0 Å². The molecule has 3 aromatic rings. The zero-order valence-electron chi connectivity index (χ0n) is 14.9. The van der Waals surface area contributed by atoms with Gasteiger partial charge in [-0.25, -0.2) is 9.97 Å². The summed E-state index contributed by atoms with van der Waals surface area (Å²) in [6, 6.07) is 13.3. The molecule has 132 valence electrons. The summed E-state index contributed by atoms with van der Waals surface area (Å²) in [5.74, 6) is 0.944. The molecule has 3 rings (SSSR count). The first-order valence-corrected chi connectivity index (χ1v) is 8.16. The zero-order chi connectivity index (χ0) is 18.5. The van der Waals surface area contributed by atoms with Crippen molar-refractivity contribution in [3.05, 3.63) is 71.5 Å². The van der Waals surface area contributed by atoms with Crippen molar-refractivity contribution in [1.82, 2.24) is 9.97 Å². The number of ether oxygens (including phenoxy) is 1. The third-order valence-corrected chi connectivity index (χ3v) is 3.74. The Hall–Kier alpha value is -3.41. The minimum Gasteiger partial charge on any atom is -0.497 e. The highest BCUT2D eigenvalue weighted by Crippen LogP contribution is 2.18. The largest absolute Gasteiger partial charge is 0.497 e.